The second-order valence-electron chi connectivity index (χ2n) is 4.31. The van der Waals surface area contributed by atoms with E-state index >= 15 is 0 Å². The number of carbonyl (C=O) groups excluding carboxylic acids is 1. The lowest BCUT2D eigenvalue weighted by molar-refractivity contribution is 0.0950. The van der Waals surface area contributed by atoms with Crippen LogP contribution in [-0.4, -0.2) is 19.1 Å². The van der Waals surface area contributed by atoms with Crippen LogP contribution in [0.1, 0.15) is 22.2 Å². The number of hydrogen-bond acceptors (Lipinski definition) is 4. The van der Waals surface area contributed by atoms with Crippen molar-refractivity contribution >= 4 is 22.9 Å². The Morgan fingerprint density at radius 2 is 2.25 bits per heavy atom. The first kappa shape index (κ1) is 14.4. The fourth-order valence-electron chi connectivity index (χ4n) is 1.83. The van der Waals surface area contributed by atoms with E-state index in [0.717, 1.165) is 16.9 Å². The van der Waals surface area contributed by atoms with E-state index in [1.165, 1.54) is 11.3 Å². The van der Waals surface area contributed by atoms with Gasteiger partial charge in [0, 0.05) is 11.8 Å². The van der Waals surface area contributed by atoms with Gasteiger partial charge in [0.05, 0.1) is 11.4 Å². The summed E-state index contributed by atoms with van der Waals surface area (Å²) in [5.74, 6) is 0.678. The van der Waals surface area contributed by atoms with Gasteiger partial charge in [-0.1, -0.05) is 13.0 Å². The molecule has 0 fully saturated rings. The van der Waals surface area contributed by atoms with Crippen LogP contribution in [0, 0.1) is 0 Å². The molecule has 2 rings (SSSR count). The minimum absolute atomic E-state index is 0.0342. The number of thiophene rings is 1. The summed E-state index contributed by atoms with van der Waals surface area (Å²) in [5, 5.41) is 4.80. The zero-order valence-corrected chi connectivity index (χ0v) is 12.2. The number of benzene rings is 1. The van der Waals surface area contributed by atoms with E-state index in [0.29, 0.717) is 24.6 Å². The van der Waals surface area contributed by atoms with Gasteiger partial charge in [-0.3, -0.25) is 4.79 Å². The van der Waals surface area contributed by atoms with Crippen molar-refractivity contribution in [3.63, 3.8) is 0 Å². The van der Waals surface area contributed by atoms with Crippen molar-refractivity contribution in [2.45, 2.75) is 13.3 Å². The van der Waals surface area contributed by atoms with Gasteiger partial charge in [0.2, 0.25) is 0 Å². The van der Waals surface area contributed by atoms with Crippen LogP contribution in [0.4, 0.5) is 5.69 Å². The van der Waals surface area contributed by atoms with Gasteiger partial charge in [-0.05, 0) is 35.6 Å². The number of nitrogens with two attached hydrogens (primary N) is 1. The molecule has 0 saturated carbocycles. The van der Waals surface area contributed by atoms with E-state index in [4.69, 9.17) is 10.5 Å². The summed E-state index contributed by atoms with van der Waals surface area (Å²) >= 11 is 1.47. The normalized spacial score (nSPS) is 10.2. The van der Waals surface area contributed by atoms with Crippen LogP contribution in [0.3, 0.4) is 0 Å². The lowest BCUT2D eigenvalue weighted by atomic mass is 10.2. The zero-order valence-electron chi connectivity index (χ0n) is 11.4. The molecule has 1 amide bonds. The van der Waals surface area contributed by atoms with Crippen LogP contribution in [0.2, 0.25) is 0 Å². The molecule has 5 heteroatoms. The quantitative estimate of drug-likeness (QED) is 0.635. The highest BCUT2D eigenvalue weighted by Gasteiger charge is 2.11. The largest absolute Gasteiger partial charge is 0.492 e. The second kappa shape index (κ2) is 6.96. The topological polar surface area (TPSA) is 64.3 Å². The number of nitrogen functional groups attached to an aromatic ring is 1. The van der Waals surface area contributed by atoms with Crippen molar-refractivity contribution < 1.29 is 9.53 Å². The van der Waals surface area contributed by atoms with Crippen LogP contribution < -0.4 is 15.8 Å². The zero-order chi connectivity index (χ0) is 14.4. The Kier molecular flexibility index (Phi) is 5.01. The van der Waals surface area contributed by atoms with Gasteiger partial charge in [0.1, 0.15) is 12.4 Å². The molecular weight excluding hydrogens is 272 g/mol. The van der Waals surface area contributed by atoms with E-state index in [9.17, 15) is 4.79 Å². The monoisotopic (exact) mass is 290 g/mol. The predicted molar refractivity (Wildman–Crippen MR) is 82.4 cm³/mol. The molecule has 106 valence electrons. The second-order valence-corrected chi connectivity index (χ2v) is 5.22. The number of ether oxygens (including phenoxy) is 1. The maximum atomic E-state index is 12.0. The number of aryl methyl sites for hydroxylation is 1. The fourth-order valence-corrected chi connectivity index (χ4v) is 2.74. The van der Waals surface area contributed by atoms with Crippen molar-refractivity contribution in [3.8, 4) is 5.75 Å². The minimum atomic E-state index is -0.0342. The smallest absolute Gasteiger partial charge is 0.261 e. The summed E-state index contributed by atoms with van der Waals surface area (Å²) in [6, 6.07) is 9.23. The van der Waals surface area contributed by atoms with Gasteiger partial charge >= 0.3 is 0 Å². The number of nitrogens with one attached hydrogen (secondary N) is 1. The Labute approximate surface area is 122 Å². The summed E-state index contributed by atoms with van der Waals surface area (Å²) in [5.41, 5.74) is 7.41. The van der Waals surface area contributed by atoms with Gasteiger partial charge in [-0.25, -0.2) is 0 Å². The van der Waals surface area contributed by atoms with E-state index in [1.807, 2.05) is 30.5 Å². The molecule has 20 heavy (non-hydrogen) atoms. The number of amides is 1. The van der Waals surface area contributed by atoms with Crippen LogP contribution in [0.5, 0.6) is 5.75 Å². The van der Waals surface area contributed by atoms with Crippen LogP contribution in [0.25, 0.3) is 0 Å². The van der Waals surface area contributed by atoms with E-state index in [-0.39, 0.29) is 5.91 Å². The molecule has 0 aliphatic heterocycles. The molecule has 0 aliphatic rings. The van der Waals surface area contributed by atoms with Crippen molar-refractivity contribution in [1.29, 1.82) is 0 Å². The molecule has 0 atom stereocenters. The minimum Gasteiger partial charge on any atom is -0.492 e. The fraction of sp³-hybridized carbons (Fsp3) is 0.267. The summed E-state index contributed by atoms with van der Waals surface area (Å²) in [6.45, 7) is 2.93. The first-order valence-electron chi connectivity index (χ1n) is 6.53. The Bertz CT molecular complexity index is 581. The van der Waals surface area contributed by atoms with Crippen molar-refractivity contribution in [2.75, 3.05) is 18.9 Å². The van der Waals surface area contributed by atoms with Crippen molar-refractivity contribution in [2.24, 2.45) is 0 Å². The average Bonchev–Trinajstić information content (AvgIpc) is 2.92. The third-order valence-corrected chi connectivity index (χ3v) is 3.80. The van der Waals surface area contributed by atoms with Crippen LogP contribution in [-0.2, 0) is 6.42 Å². The number of rotatable bonds is 6. The van der Waals surface area contributed by atoms with E-state index in [2.05, 4.69) is 5.32 Å². The molecule has 2 aromatic rings. The van der Waals surface area contributed by atoms with E-state index < -0.39 is 0 Å². The molecule has 1 aromatic carbocycles. The van der Waals surface area contributed by atoms with Crippen LogP contribution in [0.15, 0.2) is 35.7 Å². The molecule has 0 saturated heterocycles. The summed E-state index contributed by atoms with van der Waals surface area (Å²) in [4.78, 5) is 12.8. The third-order valence-electron chi connectivity index (χ3n) is 2.85. The first-order valence-corrected chi connectivity index (χ1v) is 7.41. The summed E-state index contributed by atoms with van der Waals surface area (Å²) in [6.07, 6.45) is 0.867. The van der Waals surface area contributed by atoms with Crippen molar-refractivity contribution in [1.82, 2.24) is 5.32 Å². The molecule has 0 unspecified atom stereocenters. The SMILES string of the molecule is CCc1ccsc1C(=O)NCCOc1cccc(N)c1. The molecule has 4 nitrogen and oxygen atoms in total. The molecule has 0 radical (unpaired) electrons. The van der Waals surface area contributed by atoms with Gasteiger partial charge in [-0.15, -0.1) is 11.3 Å². The van der Waals surface area contributed by atoms with Gasteiger partial charge in [-0.2, -0.15) is 0 Å². The molecule has 1 aromatic heterocycles. The Balaban J connectivity index is 1.77. The highest BCUT2D eigenvalue weighted by Crippen LogP contribution is 2.17. The molecular formula is C15H18N2O2S. The first-order chi connectivity index (χ1) is 9.70. The number of hydrogen-bond donors (Lipinski definition) is 2. The lowest BCUT2D eigenvalue weighted by Gasteiger charge is -2.08. The lowest BCUT2D eigenvalue weighted by Crippen LogP contribution is -2.28. The molecule has 0 spiro atoms. The highest BCUT2D eigenvalue weighted by molar-refractivity contribution is 7.12. The van der Waals surface area contributed by atoms with Gasteiger partial charge < -0.3 is 15.8 Å². The number of anilines is 1. The van der Waals surface area contributed by atoms with Crippen LogP contribution >= 0.6 is 11.3 Å². The standard InChI is InChI=1S/C15H18N2O2S/c1-2-11-6-9-20-14(11)15(18)17-7-8-19-13-5-3-4-12(16)10-13/h3-6,9-10H,2,7-8,16H2,1H3,(H,17,18). The van der Waals surface area contributed by atoms with E-state index in [1.54, 1.807) is 12.1 Å². The molecule has 0 bridgehead atoms. The van der Waals surface area contributed by atoms with Gasteiger partial charge in [0.15, 0.2) is 0 Å². The van der Waals surface area contributed by atoms with Crippen molar-refractivity contribution in [3.05, 3.63) is 46.2 Å². The Morgan fingerprint density at radius 3 is 3.00 bits per heavy atom. The average molecular weight is 290 g/mol. The maximum Gasteiger partial charge on any atom is 0.261 e. The maximum absolute atomic E-state index is 12.0. The highest BCUT2D eigenvalue weighted by atomic mass is 32.1. The Hall–Kier alpha value is -2.01. The van der Waals surface area contributed by atoms with Gasteiger partial charge in [0.25, 0.3) is 5.91 Å². The molecule has 3 N–H and O–H groups in total. The number of carbonyl (C=O) groups is 1. The molecule has 1 heterocycles. The summed E-state index contributed by atoms with van der Waals surface area (Å²) in [7, 11) is 0. The molecule has 0 aliphatic carbocycles. The predicted octanol–water partition coefficient (Wildman–Crippen LogP) is 2.70. The Morgan fingerprint density at radius 1 is 1.40 bits per heavy atom. The summed E-state index contributed by atoms with van der Waals surface area (Å²) < 4.78 is 5.52. The third kappa shape index (κ3) is 3.74.